The molecule has 0 aromatic rings. The molecule has 2 fully saturated rings. The Balaban J connectivity index is 1.60. The zero-order valence-corrected chi connectivity index (χ0v) is 10.3. The first-order valence-corrected chi connectivity index (χ1v) is 6.77. The van der Waals surface area contributed by atoms with Crippen LogP contribution in [0.3, 0.4) is 0 Å². The van der Waals surface area contributed by atoms with Crippen LogP contribution in [0, 0.1) is 17.8 Å². The number of nitrogens with one attached hydrogen (secondary N) is 2. The Bertz CT molecular complexity index is 242. The summed E-state index contributed by atoms with van der Waals surface area (Å²) in [6.07, 6.45) is 6.27. The molecule has 0 heterocycles. The summed E-state index contributed by atoms with van der Waals surface area (Å²) in [5.74, 6) is 2.77. The third-order valence-corrected chi connectivity index (χ3v) is 4.21. The van der Waals surface area contributed by atoms with E-state index >= 15 is 0 Å². The van der Waals surface area contributed by atoms with Crippen molar-refractivity contribution < 1.29 is 4.79 Å². The van der Waals surface area contributed by atoms with E-state index in [4.69, 9.17) is 0 Å². The van der Waals surface area contributed by atoms with Crippen molar-refractivity contribution in [2.75, 3.05) is 19.6 Å². The molecule has 3 nitrogen and oxygen atoms in total. The highest BCUT2D eigenvalue weighted by Crippen LogP contribution is 2.49. The highest BCUT2D eigenvalue weighted by atomic mass is 16.1. The molecule has 3 unspecified atom stereocenters. The number of fused-ring (bicyclic) bond motifs is 2. The maximum Gasteiger partial charge on any atom is 0.220 e. The Morgan fingerprint density at radius 3 is 2.75 bits per heavy atom. The number of hydrogen-bond acceptors (Lipinski definition) is 2. The van der Waals surface area contributed by atoms with Crippen LogP contribution in [0.15, 0.2) is 0 Å². The van der Waals surface area contributed by atoms with Crippen LogP contribution in [-0.4, -0.2) is 25.5 Å². The highest BCUT2D eigenvalue weighted by Gasteiger charge is 2.39. The third kappa shape index (κ3) is 2.97. The van der Waals surface area contributed by atoms with Gasteiger partial charge in [0.25, 0.3) is 0 Å². The van der Waals surface area contributed by atoms with Gasteiger partial charge in [-0.15, -0.1) is 0 Å². The summed E-state index contributed by atoms with van der Waals surface area (Å²) in [5, 5.41) is 6.21. The van der Waals surface area contributed by atoms with E-state index in [0.29, 0.717) is 5.92 Å². The molecule has 2 bridgehead atoms. The Kier molecular flexibility index (Phi) is 4.22. The van der Waals surface area contributed by atoms with Crippen molar-refractivity contribution in [3.8, 4) is 0 Å². The molecule has 2 aliphatic rings. The summed E-state index contributed by atoms with van der Waals surface area (Å²) >= 11 is 0. The van der Waals surface area contributed by atoms with Gasteiger partial charge in [-0.2, -0.15) is 0 Å². The van der Waals surface area contributed by atoms with Crippen molar-refractivity contribution in [1.82, 2.24) is 10.6 Å². The molecule has 16 heavy (non-hydrogen) atoms. The molecule has 2 rings (SSSR count). The predicted octanol–water partition coefficient (Wildman–Crippen LogP) is 1.54. The average Bonchev–Trinajstić information content (AvgIpc) is 2.86. The molecule has 0 aliphatic heterocycles. The topological polar surface area (TPSA) is 41.1 Å². The minimum Gasteiger partial charge on any atom is -0.355 e. The Hall–Kier alpha value is -0.570. The first-order chi connectivity index (χ1) is 7.79. The molecule has 0 spiro atoms. The standard InChI is InChI=1S/C13H24N2O/c1-2-14-5-6-15-13(16)9-12-8-10-3-4-11(12)7-10/h10-12,14H,2-9H2,1H3,(H,15,16). The molecule has 3 heteroatoms. The first kappa shape index (κ1) is 11.9. The highest BCUT2D eigenvalue weighted by molar-refractivity contribution is 5.76. The number of hydrogen-bond donors (Lipinski definition) is 2. The summed E-state index contributed by atoms with van der Waals surface area (Å²) < 4.78 is 0. The maximum absolute atomic E-state index is 11.7. The van der Waals surface area contributed by atoms with Crippen LogP contribution in [0.5, 0.6) is 0 Å². The quantitative estimate of drug-likeness (QED) is 0.672. The lowest BCUT2D eigenvalue weighted by molar-refractivity contribution is -0.122. The lowest BCUT2D eigenvalue weighted by Crippen LogP contribution is -2.33. The zero-order chi connectivity index (χ0) is 11.4. The zero-order valence-electron chi connectivity index (χ0n) is 10.3. The maximum atomic E-state index is 11.7. The van der Waals surface area contributed by atoms with Crippen molar-refractivity contribution in [2.45, 2.75) is 39.0 Å². The van der Waals surface area contributed by atoms with Crippen LogP contribution < -0.4 is 10.6 Å². The van der Waals surface area contributed by atoms with Gasteiger partial charge in [0.15, 0.2) is 0 Å². The number of rotatable bonds is 6. The number of likely N-dealkylation sites (N-methyl/N-ethyl adjacent to an activating group) is 1. The predicted molar refractivity (Wildman–Crippen MR) is 65.1 cm³/mol. The molecule has 0 aromatic heterocycles. The van der Waals surface area contributed by atoms with Crippen molar-refractivity contribution >= 4 is 5.91 Å². The molecule has 1 amide bonds. The van der Waals surface area contributed by atoms with E-state index in [2.05, 4.69) is 17.6 Å². The van der Waals surface area contributed by atoms with Crippen molar-refractivity contribution in [3.05, 3.63) is 0 Å². The fourth-order valence-electron chi connectivity index (χ4n) is 3.40. The van der Waals surface area contributed by atoms with Gasteiger partial charge in [-0.1, -0.05) is 13.3 Å². The molecule has 0 radical (unpaired) electrons. The minimum atomic E-state index is 0.260. The second-order valence-electron chi connectivity index (χ2n) is 5.34. The van der Waals surface area contributed by atoms with Crippen molar-refractivity contribution in [3.63, 3.8) is 0 Å². The third-order valence-electron chi connectivity index (χ3n) is 4.21. The molecule has 0 saturated heterocycles. The number of carbonyl (C=O) groups is 1. The Labute approximate surface area is 98.4 Å². The summed E-state index contributed by atoms with van der Waals surface area (Å²) in [6.45, 7) is 4.71. The first-order valence-electron chi connectivity index (χ1n) is 6.77. The van der Waals surface area contributed by atoms with E-state index < -0.39 is 0 Å². The van der Waals surface area contributed by atoms with Crippen LogP contribution in [0.2, 0.25) is 0 Å². The lowest BCUT2D eigenvalue weighted by Gasteiger charge is -2.20. The van der Waals surface area contributed by atoms with Gasteiger partial charge in [0.2, 0.25) is 5.91 Å². The van der Waals surface area contributed by atoms with Crippen LogP contribution in [-0.2, 0) is 4.79 Å². The van der Waals surface area contributed by atoms with Gasteiger partial charge in [0.1, 0.15) is 0 Å². The minimum absolute atomic E-state index is 0.260. The van der Waals surface area contributed by atoms with Gasteiger partial charge in [-0.05, 0) is 43.6 Å². The molecule has 2 saturated carbocycles. The molecule has 2 N–H and O–H groups in total. The van der Waals surface area contributed by atoms with Gasteiger partial charge in [-0.25, -0.2) is 0 Å². The molecule has 2 aliphatic carbocycles. The molecular weight excluding hydrogens is 200 g/mol. The van der Waals surface area contributed by atoms with Crippen LogP contribution in [0.25, 0.3) is 0 Å². The van der Waals surface area contributed by atoms with Crippen LogP contribution in [0.4, 0.5) is 0 Å². The molecule has 0 aromatic carbocycles. The van der Waals surface area contributed by atoms with Crippen molar-refractivity contribution in [1.29, 1.82) is 0 Å². The van der Waals surface area contributed by atoms with E-state index in [0.717, 1.165) is 37.9 Å². The van der Waals surface area contributed by atoms with Gasteiger partial charge in [-0.3, -0.25) is 4.79 Å². The van der Waals surface area contributed by atoms with Crippen molar-refractivity contribution in [2.24, 2.45) is 17.8 Å². The fraction of sp³-hybridized carbons (Fsp3) is 0.923. The van der Waals surface area contributed by atoms with Gasteiger partial charge >= 0.3 is 0 Å². The Morgan fingerprint density at radius 2 is 2.12 bits per heavy atom. The Morgan fingerprint density at radius 1 is 1.25 bits per heavy atom. The van der Waals surface area contributed by atoms with E-state index in [1.165, 1.54) is 25.7 Å². The molecule has 3 atom stereocenters. The molecular formula is C13H24N2O. The van der Waals surface area contributed by atoms with Gasteiger partial charge < -0.3 is 10.6 Å². The smallest absolute Gasteiger partial charge is 0.220 e. The SMILES string of the molecule is CCNCCNC(=O)CC1CC2CCC1C2. The lowest BCUT2D eigenvalue weighted by atomic mass is 9.86. The van der Waals surface area contributed by atoms with Gasteiger partial charge in [0.05, 0.1) is 0 Å². The van der Waals surface area contributed by atoms with E-state index in [1.54, 1.807) is 0 Å². The normalized spacial score (nSPS) is 31.9. The van der Waals surface area contributed by atoms with E-state index in [-0.39, 0.29) is 5.91 Å². The second kappa shape index (κ2) is 5.67. The van der Waals surface area contributed by atoms with E-state index in [1.807, 2.05) is 0 Å². The second-order valence-corrected chi connectivity index (χ2v) is 5.34. The van der Waals surface area contributed by atoms with Crippen LogP contribution in [0.1, 0.15) is 39.0 Å². The largest absolute Gasteiger partial charge is 0.355 e. The summed E-state index contributed by atoms with van der Waals surface area (Å²) in [7, 11) is 0. The molecule has 92 valence electrons. The number of carbonyl (C=O) groups excluding carboxylic acids is 1. The summed E-state index contributed by atoms with van der Waals surface area (Å²) in [4.78, 5) is 11.7. The number of amides is 1. The summed E-state index contributed by atoms with van der Waals surface area (Å²) in [6, 6.07) is 0. The average molecular weight is 224 g/mol. The fourth-order valence-corrected chi connectivity index (χ4v) is 3.40. The van der Waals surface area contributed by atoms with Crippen LogP contribution >= 0.6 is 0 Å². The monoisotopic (exact) mass is 224 g/mol. The van der Waals surface area contributed by atoms with E-state index in [9.17, 15) is 4.79 Å². The van der Waals surface area contributed by atoms with Gasteiger partial charge in [0, 0.05) is 19.5 Å². The summed E-state index contributed by atoms with van der Waals surface area (Å²) in [5.41, 5.74) is 0.